The van der Waals surface area contributed by atoms with E-state index in [4.69, 9.17) is 14.2 Å². The van der Waals surface area contributed by atoms with E-state index in [0.29, 0.717) is 5.92 Å². The Labute approximate surface area is 144 Å². The van der Waals surface area contributed by atoms with E-state index in [9.17, 15) is 4.79 Å². The van der Waals surface area contributed by atoms with E-state index in [0.717, 1.165) is 49.7 Å². The highest BCUT2D eigenvalue weighted by Crippen LogP contribution is 2.54. The zero-order valence-corrected chi connectivity index (χ0v) is 15.6. The Hall–Kier alpha value is -0.710. The fraction of sp³-hybridized carbons (Fsp3) is 0.850. The van der Waals surface area contributed by atoms with Crippen LogP contribution in [0, 0.1) is 5.92 Å². The number of carbonyl (C=O) groups excluding carboxylic acids is 1. The predicted octanol–water partition coefficient (Wildman–Crippen LogP) is 3.92. The van der Waals surface area contributed by atoms with Gasteiger partial charge in [-0.15, -0.1) is 0 Å². The average molecular weight is 334 g/mol. The largest absolute Gasteiger partial charge is 0.358 e. The van der Waals surface area contributed by atoms with Gasteiger partial charge in [0.2, 0.25) is 0 Å². The number of Topliss-reactive ketones (excluding diaryl/α,β-unsaturated/α-hetero) is 1. The first-order valence-electron chi connectivity index (χ1n) is 9.43. The second-order valence-corrected chi connectivity index (χ2v) is 9.10. The molecule has 0 aromatic heterocycles. The predicted molar refractivity (Wildman–Crippen MR) is 90.6 cm³/mol. The van der Waals surface area contributed by atoms with Gasteiger partial charge in [-0.25, -0.2) is 0 Å². The van der Waals surface area contributed by atoms with E-state index in [1.54, 1.807) is 0 Å². The second-order valence-electron chi connectivity index (χ2n) is 9.10. The molecule has 4 saturated heterocycles. The van der Waals surface area contributed by atoms with E-state index in [1.165, 1.54) is 0 Å². The van der Waals surface area contributed by atoms with Crippen molar-refractivity contribution in [3.8, 4) is 0 Å². The summed E-state index contributed by atoms with van der Waals surface area (Å²) in [4.78, 5) is 13.0. The molecule has 4 heteroatoms. The second kappa shape index (κ2) is 5.15. The smallest absolute Gasteiger partial charge is 0.190 e. The summed E-state index contributed by atoms with van der Waals surface area (Å²) in [6.45, 7) is 10.6. The van der Waals surface area contributed by atoms with Crippen LogP contribution in [0.15, 0.2) is 11.1 Å². The first kappa shape index (κ1) is 16.7. The summed E-state index contributed by atoms with van der Waals surface area (Å²) in [5, 5.41) is 0. The average Bonchev–Trinajstić information content (AvgIpc) is 2.87. The lowest BCUT2D eigenvalue weighted by Crippen LogP contribution is -2.39. The minimum Gasteiger partial charge on any atom is -0.358 e. The minimum atomic E-state index is -0.422. The van der Waals surface area contributed by atoms with Gasteiger partial charge in [-0.2, -0.15) is 0 Å². The molecule has 24 heavy (non-hydrogen) atoms. The van der Waals surface area contributed by atoms with Crippen molar-refractivity contribution in [3.63, 3.8) is 0 Å². The number of allylic oxidation sites excluding steroid dienone is 1. The molecule has 0 N–H and O–H groups in total. The van der Waals surface area contributed by atoms with Crippen molar-refractivity contribution in [2.45, 2.75) is 102 Å². The van der Waals surface area contributed by atoms with Crippen molar-refractivity contribution in [1.82, 2.24) is 0 Å². The molecule has 0 amide bonds. The maximum Gasteiger partial charge on any atom is 0.190 e. The van der Waals surface area contributed by atoms with Crippen LogP contribution in [-0.4, -0.2) is 35.0 Å². The van der Waals surface area contributed by atoms with E-state index >= 15 is 0 Å². The number of hydrogen-bond acceptors (Lipinski definition) is 4. The molecular weight excluding hydrogens is 304 g/mol. The van der Waals surface area contributed by atoms with Gasteiger partial charge in [0.1, 0.15) is 11.7 Å². The first-order chi connectivity index (χ1) is 11.2. The van der Waals surface area contributed by atoms with Crippen LogP contribution in [-0.2, 0) is 19.0 Å². The van der Waals surface area contributed by atoms with Crippen molar-refractivity contribution in [2.75, 3.05) is 0 Å². The van der Waals surface area contributed by atoms with Gasteiger partial charge in [-0.05, 0) is 59.0 Å². The summed E-state index contributed by atoms with van der Waals surface area (Å²) in [7, 11) is 0. The van der Waals surface area contributed by atoms with Crippen LogP contribution in [0.2, 0.25) is 0 Å². The van der Waals surface area contributed by atoms with Crippen LogP contribution >= 0.6 is 0 Å². The highest BCUT2D eigenvalue weighted by molar-refractivity contribution is 6.01. The van der Waals surface area contributed by atoms with Gasteiger partial charge in [0, 0.05) is 18.8 Å². The van der Waals surface area contributed by atoms with Gasteiger partial charge in [0.05, 0.1) is 11.7 Å². The third-order valence-corrected chi connectivity index (χ3v) is 6.72. The molecule has 0 saturated carbocycles. The van der Waals surface area contributed by atoms with Crippen molar-refractivity contribution >= 4 is 5.78 Å². The molecule has 0 unspecified atom stereocenters. The molecule has 4 aliphatic heterocycles. The summed E-state index contributed by atoms with van der Waals surface area (Å²) in [6, 6.07) is 0. The normalized spacial score (nSPS) is 51.0. The summed E-state index contributed by atoms with van der Waals surface area (Å²) < 4.78 is 18.9. The number of rotatable bonds is 0. The van der Waals surface area contributed by atoms with Crippen molar-refractivity contribution in [3.05, 3.63) is 11.1 Å². The highest BCUT2D eigenvalue weighted by Gasteiger charge is 2.62. The van der Waals surface area contributed by atoms with Crippen LogP contribution in [0.1, 0.15) is 73.1 Å². The molecule has 0 aromatic rings. The molecule has 4 nitrogen and oxygen atoms in total. The fourth-order valence-electron chi connectivity index (χ4n) is 5.05. The Morgan fingerprint density at radius 2 is 1.88 bits per heavy atom. The molecule has 134 valence electrons. The van der Waals surface area contributed by atoms with Crippen LogP contribution in [0.4, 0.5) is 0 Å². The van der Waals surface area contributed by atoms with Crippen molar-refractivity contribution < 1.29 is 19.0 Å². The first-order valence-corrected chi connectivity index (χ1v) is 9.43. The van der Waals surface area contributed by atoms with Crippen LogP contribution < -0.4 is 0 Å². The van der Waals surface area contributed by atoms with E-state index in [-0.39, 0.29) is 29.2 Å². The Bertz CT molecular complexity index is 607. The number of epoxide rings is 1. The number of fused-ring (bicyclic) bond motifs is 3. The summed E-state index contributed by atoms with van der Waals surface area (Å²) >= 11 is 0. The summed E-state index contributed by atoms with van der Waals surface area (Å²) in [6.07, 6.45) is 5.21. The number of ketones is 1. The van der Waals surface area contributed by atoms with Gasteiger partial charge in [-0.1, -0.05) is 12.5 Å². The SMILES string of the molecule is CC(C)=C1CC[C@]2(C)CC[C@]3(O[C@@H](C[C@@H]3C)C[C@@]3(C)O[C@@H]3C1=O)O2. The van der Waals surface area contributed by atoms with Crippen LogP contribution in [0.25, 0.3) is 0 Å². The Kier molecular flexibility index (Phi) is 3.59. The van der Waals surface area contributed by atoms with Gasteiger partial charge in [0.25, 0.3) is 0 Å². The standard InChI is InChI=1S/C20H30O4/c1-12(2)15-6-7-18(4)8-9-20(24-18)13(3)10-14(22-20)11-19(5)17(23-19)16(15)21/h13-14,17H,6-11H2,1-5H3/t13-,14-,17+,18+,19+,20-/m0/s1. The number of carbonyl (C=O) groups is 1. The van der Waals surface area contributed by atoms with Gasteiger partial charge in [0.15, 0.2) is 11.6 Å². The Morgan fingerprint density at radius 3 is 2.58 bits per heavy atom. The number of ether oxygens (including phenoxy) is 3. The van der Waals surface area contributed by atoms with Crippen LogP contribution in [0.3, 0.4) is 0 Å². The third-order valence-electron chi connectivity index (χ3n) is 6.72. The Balaban J connectivity index is 1.68. The molecule has 0 aliphatic carbocycles. The number of hydrogen-bond donors (Lipinski definition) is 0. The van der Waals surface area contributed by atoms with E-state index < -0.39 is 5.79 Å². The lowest BCUT2D eigenvalue weighted by Gasteiger charge is -2.33. The lowest BCUT2D eigenvalue weighted by atomic mass is 9.86. The molecule has 4 heterocycles. The van der Waals surface area contributed by atoms with E-state index in [2.05, 4.69) is 20.8 Å². The molecule has 4 aliphatic rings. The third kappa shape index (κ3) is 2.49. The topological polar surface area (TPSA) is 48.1 Å². The van der Waals surface area contributed by atoms with Crippen molar-refractivity contribution in [2.24, 2.45) is 5.92 Å². The molecule has 6 atom stereocenters. The van der Waals surface area contributed by atoms with Gasteiger partial charge in [-0.3, -0.25) is 4.79 Å². The molecule has 3 bridgehead atoms. The highest BCUT2D eigenvalue weighted by atomic mass is 16.7. The maximum atomic E-state index is 13.0. The molecule has 0 radical (unpaired) electrons. The quantitative estimate of drug-likeness (QED) is 0.497. The zero-order chi connectivity index (χ0) is 17.3. The zero-order valence-electron chi connectivity index (χ0n) is 15.6. The van der Waals surface area contributed by atoms with Crippen LogP contribution in [0.5, 0.6) is 0 Å². The monoisotopic (exact) mass is 334 g/mol. The lowest BCUT2D eigenvalue weighted by molar-refractivity contribution is -0.255. The molecular formula is C20H30O4. The molecule has 0 aromatic carbocycles. The summed E-state index contributed by atoms with van der Waals surface area (Å²) in [5.41, 5.74) is 1.49. The fourth-order valence-corrected chi connectivity index (χ4v) is 5.05. The molecule has 1 spiro atoms. The van der Waals surface area contributed by atoms with E-state index in [1.807, 2.05) is 13.8 Å². The summed E-state index contributed by atoms with van der Waals surface area (Å²) in [5.74, 6) is 0.149. The molecule has 4 rings (SSSR count). The Morgan fingerprint density at radius 1 is 1.12 bits per heavy atom. The van der Waals surface area contributed by atoms with Gasteiger partial charge < -0.3 is 14.2 Å². The van der Waals surface area contributed by atoms with Crippen molar-refractivity contribution in [1.29, 1.82) is 0 Å². The van der Waals surface area contributed by atoms with Gasteiger partial charge >= 0.3 is 0 Å². The molecule has 4 fully saturated rings. The minimum absolute atomic E-state index is 0.125. The maximum absolute atomic E-state index is 13.0.